The molecule has 1 aromatic heterocycles. The largest absolute Gasteiger partial charge is 0.508 e. The average Bonchev–Trinajstić information content (AvgIpc) is 2.68. The van der Waals surface area contributed by atoms with Gasteiger partial charge in [-0.25, -0.2) is 0 Å². The number of pyridine rings is 1. The third-order valence-corrected chi connectivity index (χ3v) is 4.40. The molecule has 0 saturated heterocycles. The van der Waals surface area contributed by atoms with Gasteiger partial charge >= 0.3 is 0 Å². The van der Waals surface area contributed by atoms with Gasteiger partial charge in [0.15, 0.2) is 0 Å². The van der Waals surface area contributed by atoms with Crippen LogP contribution in [-0.4, -0.2) is 16.0 Å². The number of hydrogen-bond donors (Lipinski definition) is 2. The summed E-state index contributed by atoms with van der Waals surface area (Å²) in [5.41, 5.74) is 2.52. The Morgan fingerprint density at radius 2 is 1.92 bits per heavy atom. The molecular formula is C21H19ClN2O2. The smallest absolute Gasteiger partial charge is 0.221 e. The van der Waals surface area contributed by atoms with E-state index in [9.17, 15) is 9.90 Å². The van der Waals surface area contributed by atoms with Crippen molar-refractivity contribution in [3.8, 4) is 5.75 Å². The number of phenolic OH excluding ortho intramolecular Hbond substituents is 1. The van der Waals surface area contributed by atoms with Gasteiger partial charge in [0.1, 0.15) is 5.75 Å². The van der Waals surface area contributed by atoms with E-state index in [0.717, 1.165) is 11.1 Å². The Labute approximate surface area is 157 Å². The van der Waals surface area contributed by atoms with Crippen molar-refractivity contribution in [1.82, 2.24) is 10.3 Å². The summed E-state index contributed by atoms with van der Waals surface area (Å²) in [6.45, 7) is 0.412. The number of carbonyl (C=O) groups is 1. The van der Waals surface area contributed by atoms with Crippen LogP contribution in [0.1, 0.15) is 29.0 Å². The number of phenols is 1. The summed E-state index contributed by atoms with van der Waals surface area (Å²) >= 11 is 6.11. The molecule has 0 saturated carbocycles. The maximum atomic E-state index is 12.5. The van der Waals surface area contributed by atoms with Gasteiger partial charge < -0.3 is 10.4 Å². The highest BCUT2D eigenvalue weighted by Gasteiger charge is 2.21. The third kappa shape index (κ3) is 4.61. The first-order valence-electron chi connectivity index (χ1n) is 8.32. The number of halogens is 1. The predicted molar refractivity (Wildman–Crippen MR) is 102 cm³/mol. The Balaban J connectivity index is 1.80. The maximum Gasteiger partial charge on any atom is 0.221 e. The molecular weight excluding hydrogens is 348 g/mol. The first-order valence-corrected chi connectivity index (χ1v) is 8.70. The Bertz CT molecular complexity index is 870. The summed E-state index contributed by atoms with van der Waals surface area (Å²) in [5.74, 6) is -0.269. The molecule has 0 bridgehead atoms. The highest BCUT2D eigenvalue weighted by Crippen LogP contribution is 2.35. The van der Waals surface area contributed by atoms with Crippen molar-refractivity contribution in [3.63, 3.8) is 0 Å². The molecule has 4 nitrogen and oxygen atoms in total. The number of carbonyl (C=O) groups excluding carboxylic acids is 1. The van der Waals surface area contributed by atoms with Gasteiger partial charge in [0, 0.05) is 41.9 Å². The number of amides is 1. The van der Waals surface area contributed by atoms with Crippen LogP contribution < -0.4 is 5.32 Å². The second-order valence-corrected chi connectivity index (χ2v) is 6.44. The standard InChI is InChI=1S/C21H19ClN2O2/c22-17-8-9-20(25)19(11-17)18(16-6-2-1-3-7-16)12-21(26)24-14-15-5-4-10-23-13-15/h1-11,13,18,25H,12,14H2,(H,24,26). The van der Waals surface area contributed by atoms with Gasteiger partial charge in [0.05, 0.1) is 0 Å². The number of benzene rings is 2. The van der Waals surface area contributed by atoms with E-state index in [-0.39, 0.29) is 24.0 Å². The Morgan fingerprint density at radius 3 is 2.65 bits per heavy atom. The van der Waals surface area contributed by atoms with Crippen LogP contribution in [0.4, 0.5) is 0 Å². The quantitative estimate of drug-likeness (QED) is 0.684. The number of nitrogens with one attached hydrogen (secondary N) is 1. The lowest BCUT2D eigenvalue weighted by molar-refractivity contribution is -0.121. The van der Waals surface area contributed by atoms with Crippen LogP contribution in [0.25, 0.3) is 0 Å². The molecule has 1 amide bonds. The first-order chi connectivity index (χ1) is 12.6. The van der Waals surface area contributed by atoms with Crippen molar-refractivity contribution < 1.29 is 9.90 Å². The van der Waals surface area contributed by atoms with E-state index in [1.54, 1.807) is 30.6 Å². The Kier molecular flexibility index (Phi) is 5.87. The fourth-order valence-corrected chi connectivity index (χ4v) is 3.04. The van der Waals surface area contributed by atoms with Crippen molar-refractivity contribution in [2.45, 2.75) is 18.9 Å². The Morgan fingerprint density at radius 1 is 1.12 bits per heavy atom. The molecule has 3 aromatic rings. The van der Waals surface area contributed by atoms with Crippen molar-refractivity contribution in [3.05, 3.63) is 94.8 Å². The fraction of sp³-hybridized carbons (Fsp3) is 0.143. The van der Waals surface area contributed by atoms with E-state index in [1.807, 2.05) is 42.5 Å². The average molecular weight is 367 g/mol. The van der Waals surface area contributed by atoms with Crippen molar-refractivity contribution in [2.75, 3.05) is 0 Å². The monoisotopic (exact) mass is 366 g/mol. The number of hydrogen-bond acceptors (Lipinski definition) is 3. The zero-order chi connectivity index (χ0) is 18.4. The van der Waals surface area contributed by atoms with E-state index in [2.05, 4.69) is 10.3 Å². The second-order valence-electron chi connectivity index (χ2n) is 6.01. The lowest BCUT2D eigenvalue weighted by atomic mass is 9.87. The lowest BCUT2D eigenvalue weighted by Crippen LogP contribution is -2.25. The molecule has 1 unspecified atom stereocenters. The molecule has 0 spiro atoms. The topological polar surface area (TPSA) is 62.2 Å². The molecule has 3 rings (SSSR count). The summed E-state index contributed by atoms with van der Waals surface area (Å²) in [6, 6.07) is 18.3. The molecule has 0 fully saturated rings. The van der Waals surface area contributed by atoms with Crippen LogP contribution in [0.15, 0.2) is 73.1 Å². The van der Waals surface area contributed by atoms with Crippen molar-refractivity contribution in [1.29, 1.82) is 0 Å². The van der Waals surface area contributed by atoms with Crippen LogP contribution in [0, 0.1) is 0 Å². The van der Waals surface area contributed by atoms with E-state index in [4.69, 9.17) is 11.6 Å². The SMILES string of the molecule is O=C(CC(c1ccccc1)c1cc(Cl)ccc1O)NCc1cccnc1. The summed E-state index contributed by atoms with van der Waals surface area (Å²) in [7, 11) is 0. The van der Waals surface area contributed by atoms with Gasteiger partial charge in [-0.05, 0) is 35.4 Å². The van der Waals surface area contributed by atoms with Crippen LogP contribution >= 0.6 is 11.6 Å². The molecule has 26 heavy (non-hydrogen) atoms. The number of aromatic nitrogens is 1. The molecule has 1 heterocycles. The molecule has 2 aromatic carbocycles. The minimum atomic E-state index is -0.288. The van der Waals surface area contributed by atoms with Gasteiger partial charge in [0.25, 0.3) is 0 Å². The highest BCUT2D eigenvalue weighted by molar-refractivity contribution is 6.30. The van der Waals surface area contributed by atoms with Gasteiger partial charge in [-0.3, -0.25) is 9.78 Å². The second kappa shape index (κ2) is 8.50. The zero-order valence-electron chi connectivity index (χ0n) is 14.1. The molecule has 1 atom stereocenters. The molecule has 0 aliphatic carbocycles. The van der Waals surface area contributed by atoms with Crippen molar-refractivity contribution in [2.24, 2.45) is 0 Å². The van der Waals surface area contributed by atoms with Crippen LogP contribution in [0.3, 0.4) is 0 Å². The van der Waals surface area contributed by atoms with E-state index in [0.29, 0.717) is 17.1 Å². The maximum absolute atomic E-state index is 12.5. The highest BCUT2D eigenvalue weighted by atomic mass is 35.5. The molecule has 0 radical (unpaired) electrons. The van der Waals surface area contributed by atoms with E-state index in [1.165, 1.54) is 0 Å². The zero-order valence-corrected chi connectivity index (χ0v) is 14.9. The van der Waals surface area contributed by atoms with E-state index >= 15 is 0 Å². The van der Waals surface area contributed by atoms with Gasteiger partial charge in [-0.2, -0.15) is 0 Å². The summed E-state index contributed by atoms with van der Waals surface area (Å²) in [6.07, 6.45) is 3.62. The van der Waals surface area contributed by atoms with Crippen LogP contribution in [0.2, 0.25) is 5.02 Å². The van der Waals surface area contributed by atoms with E-state index < -0.39 is 0 Å². The van der Waals surface area contributed by atoms with Gasteiger partial charge in [-0.15, -0.1) is 0 Å². The minimum absolute atomic E-state index is 0.109. The molecule has 2 N–H and O–H groups in total. The van der Waals surface area contributed by atoms with Gasteiger partial charge in [-0.1, -0.05) is 48.0 Å². The number of nitrogens with zero attached hydrogens (tertiary/aromatic N) is 1. The summed E-state index contributed by atoms with van der Waals surface area (Å²) in [5, 5.41) is 13.7. The molecule has 132 valence electrons. The minimum Gasteiger partial charge on any atom is -0.508 e. The summed E-state index contributed by atoms with van der Waals surface area (Å²) < 4.78 is 0. The fourth-order valence-electron chi connectivity index (χ4n) is 2.86. The first kappa shape index (κ1) is 18.0. The lowest BCUT2D eigenvalue weighted by Gasteiger charge is -2.19. The van der Waals surface area contributed by atoms with Gasteiger partial charge in [0.2, 0.25) is 5.91 Å². The summed E-state index contributed by atoms with van der Waals surface area (Å²) in [4.78, 5) is 16.6. The number of aromatic hydroxyl groups is 1. The third-order valence-electron chi connectivity index (χ3n) is 4.17. The van der Waals surface area contributed by atoms with Crippen LogP contribution in [0.5, 0.6) is 5.75 Å². The predicted octanol–water partition coefficient (Wildman–Crippen LogP) is 4.28. The molecule has 0 aliphatic heterocycles. The Hall–Kier alpha value is -2.85. The normalized spacial score (nSPS) is 11.7. The number of rotatable bonds is 6. The molecule has 5 heteroatoms. The van der Waals surface area contributed by atoms with Crippen LogP contribution in [-0.2, 0) is 11.3 Å². The van der Waals surface area contributed by atoms with Crippen molar-refractivity contribution >= 4 is 17.5 Å². The molecule has 0 aliphatic rings.